The fourth-order valence-electron chi connectivity index (χ4n) is 1.30. The van der Waals surface area contributed by atoms with Crippen LogP contribution in [0.2, 0.25) is 0 Å². The van der Waals surface area contributed by atoms with E-state index in [2.05, 4.69) is 0 Å². The first-order valence-corrected chi connectivity index (χ1v) is 3.76. The van der Waals surface area contributed by atoms with Gasteiger partial charge in [-0.05, 0) is 12.1 Å². The summed E-state index contributed by atoms with van der Waals surface area (Å²) in [5, 5.41) is 0. The molecule has 0 atom stereocenters. The normalized spacial score (nSPS) is 15.3. The molecule has 2 rings (SSSR count). The van der Waals surface area contributed by atoms with Gasteiger partial charge in [-0.25, -0.2) is 0 Å². The Morgan fingerprint density at radius 1 is 1.38 bits per heavy atom. The van der Waals surface area contributed by atoms with Crippen LogP contribution in [0.25, 0.3) is 5.76 Å². The minimum Gasteiger partial charge on any atom is -0.494 e. The van der Waals surface area contributed by atoms with Gasteiger partial charge in [0.2, 0.25) is 5.78 Å². The number of hydrogen-bond acceptors (Lipinski definition) is 3. The fraction of sp³-hybridized carbons (Fsp3) is 0.111. The number of ketones is 1. The monoisotopic (exact) mass is 177 g/mol. The SMILES string of the molecule is COC1=CC(=O)C(=O)n2cccc21. The van der Waals surface area contributed by atoms with Crippen molar-refractivity contribution in [1.82, 2.24) is 4.57 Å². The molecule has 0 radical (unpaired) electrons. The summed E-state index contributed by atoms with van der Waals surface area (Å²) < 4.78 is 6.24. The van der Waals surface area contributed by atoms with Crippen LogP contribution in [0.15, 0.2) is 24.4 Å². The summed E-state index contributed by atoms with van der Waals surface area (Å²) in [5.74, 6) is -0.670. The lowest BCUT2D eigenvalue weighted by molar-refractivity contribution is -0.111. The van der Waals surface area contributed by atoms with Gasteiger partial charge in [-0.2, -0.15) is 0 Å². The van der Waals surface area contributed by atoms with Gasteiger partial charge in [0.15, 0.2) is 0 Å². The molecule has 0 saturated heterocycles. The van der Waals surface area contributed by atoms with Crippen molar-refractivity contribution >= 4 is 17.4 Å². The second-order valence-corrected chi connectivity index (χ2v) is 2.65. The summed E-state index contributed by atoms with van der Waals surface area (Å²) in [5.41, 5.74) is 0.618. The topological polar surface area (TPSA) is 48.3 Å². The first-order chi connectivity index (χ1) is 6.24. The van der Waals surface area contributed by atoms with E-state index in [1.165, 1.54) is 17.8 Å². The maximum atomic E-state index is 11.3. The Bertz CT molecular complexity index is 414. The number of aromatic nitrogens is 1. The maximum absolute atomic E-state index is 11.3. The number of fused-ring (bicyclic) bond motifs is 1. The van der Waals surface area contributed by atoms with Crippen LogP contribution < -0.4 is 0 Å². The van der Waals surface area contributed by atoms with Crippen LogP contribution in [0.4, 0.5) is 0 Å². The Morgan fingerprint density at radius 2 is 2.15 bits per heavy atom. The molecule has 0 spiro atoms. The lowest BCUT2D eigenvalue weighted by Gasteiger charge is -2.13. The smallest absolute Gasteiger partial charge is 0.303 e. The standard InChI is InChI=1S/C9H7NO3/c1-13-8-5-7(11)9(12)10-4-2-3-6(8)10/h2-5H,1H3. The highest BCUT2D eigenvalue weighted by Crippen LogP contribution is 2.20. The summed E-state index contributed by atoms with van der Waals surface area (Å²) >= 11 is 0. The zero-order valence-corrected chi connectivity index (χ0v) is 6.98. The number of methoxy groups -OCH3 is 1. The van der Waals surface area contributed by atoms with Crippen molar-refractivity contribution < 1.29 is 14.3 Å². The van der Waals surface area contributed by atoms with Crippen LogP contribution >= 0.6 is 0 Å². The van der Waals surface area contributed by atoms with Crippen molar-refractivity contribution in [3.05, 3.63) is 30.1 Å². The molecule has 0 N–H and O–H groups in total. The van der Waals surface area contributed by atoms with Crippen molar-refractivity contribution in [1.29, 1.82) is 0 Å². The van der Waals surface area contributed by atoms with E-state index in [0.29, 0.717) is 11.5 Å². The van der Waals surface area contributed by atoms with Gasteiger partial charge < -0.3 is 4.74 Å². The number of hydrogen-bond donors (Lipinski definition) is 0. The molecule has 0 unspecified atom stereocenters. The van der Waals surface area contributed by atoms with Crippen LogP contribution in [-0.2, 0) is 9.53 Å². The summed E-state index contributed by atoms with van der Waals surface area (Å²) in [6, 6.07) is 3.42. The molecule has 1 aliphatic heterocycles. The molecular formula is C9H7NO3. The van der Waals surface area contributed by atoms with Crippen LogP contribution in [0.5, 0.6) is 0 Å². The van der Waals surface area contributed by atoms with E-state index >= 15 is 0 Å². The molecule has 4 nitrogen and oxygen atoms in total. The molecule has 4 heteroatoms. The largest absolute Gasteiger partial charge is 0.494 e. The van der Waals surface area contributed by atoms with E-state index in [-0.39, 0.29) is 0 Å². The lowest BCUT2D eigenvalue weighted by Crippen LogP contribution is -2.25. The van der Waals surface area contributed by atoms with E-state index < -0.39 is 11.7 Å². The van der Waals surface area contributed by atoms with Crippen molar-refractivity contribution in [3.63, 3.8) is 0 Å². The number of carbonyl (C=O) groups excluding carboxylic acids is 2. The summed E-state index contributed by atoms with van der Waals surface area (Å²) in [6.45, 7) is 0. The zero-order chi connectivity index (χ0) is 9.42. The van der Waals surface area contributed by atoms with Gasteiger partial charge in [-0.15, -0.1) is 0 Å². The molecule has 0 fully saturated rings. The van der Waals surface area contributed by atoms with E-state index in [1.54, 1.807) is 18.3 Å². The van der Waals surface area contributed by atoms with Gasteiger partial charge in [0.25, 0.3) is 0 Å². The van der Waals surface area contributed by atoms with E-state index in [4.69, 9.17) is 4.74 Å². The fourth-order valence-corrected chi connectivity index (χ4v) is 1.30. The molecule has 1 aromatic heterocycles. The van der Waals surface area contributed by atoms with Crippen LogP contribution in [-0.4, -0.2) is 23.4 Å². The third kappa shape index (κ3) is 0.989. The number of carbonyl (C=O) groups is 2. The highest BCUT2D eigenvalue weighted by Gasteiger charge is 2.24. The quantitative estimate of drug-likeness (QED) is 0.593. The van der Waals surface area contributed by atoms with E-state index in [0.717, 1.165) is 0 Å². The van der Waals surface area contributed by atoms with Crippen LogP contribution in [0, 0.1) is 0 Å². The van der Waals surface area contributed by atoms with Crippen LogP contribution in [0.3, 0.4) is 0 Å². The predicted molar refractivity (Wildman–Crippen MR) is 45.1 cm³/mol. The molecular weight excluding hydrogens is 170 g/mol. The molecule has 0 saturated carbocycles. The molecule has 0 aromatic carbocycles. The molecule has 2 heterocycles. The number of rotatable bonds is 1. The maximum Gasteiger partial charge on any atom is 0.303 e. The zero-order valence-electron chi connectivity index (χ0n) is 6.98. The van der Waals surface area contributed by atoms with E-state index in [9.17, 15) is 9.59 Å². The third-order valence-corrected chi connectivity index (χ3v) is 1.91. The Hall–Kier alpha value is -1.84. The van der Waals surface area contributed by atoms with Crippen molar-refractivity contribution in [3.8, 4) is 0 Å². The number of allylic oxidation sites excluding steroid dienone is 1. The molecule has 13 heavy (non-hydrogen) atoms. The van der Waals surface area contributed by atoms with Crippen LogP contribution in [0.1, 0.15) is 10.5 Å². The third-order valence-electron chi connectivity index (χ3n) is 1.91. The molecule has 0 aliphatic carbocycles. The van der Waals surface area contributed by atoms with Crippen molar-refractivity contribution in [2.45, 2.75) is 0 Å². The van der Waals surface area contributed by atoms with Gasteiger partial charge in [-0.3, -0.25) is 14.2 Å². The average molecular weight is 177 g/mol. The van der Waals surface area contributed by atoms with Crippen molar-refractivity contribution in [2.75, 3.05) is 7.11 Å². The first kappa shape index (κ1) is 7.79. The summed E-state index contributed by atoms with van der Waals surface area (Å²) in [7, 11) is 1.46. The first-order valence-electron chi connectivity index (χ1n) is 3.76. The second kappa shape index (κ2) is 2.58. The van der Waals surface area contributed by atoms with Crippen molar-refractivity contribution in [2.24, 2.45) is 0 Å². The number of nitrogens with zero attached hydrogens (tertiary/aromatic N) is 1. The van der Waals surface area contributed by atoms with Gasteiger partial charge in [0.05, 0.1) is 12.8 Å². The molecule has 1 aromatic rings. The summed E-state index contributed by atoms with van der Waals surface area (Å²) in [4.78, 5) is 22.3. The predicted octanol–water partition coefficient (Wildman–Crippen LogP) is 0.698. The Morgan fingerprint density at radius 3 is 2.85 bits per heavy atom. The Kier molecular flexibility index (Phi) is 1.55. The molecule has 66 valence electrons. The highest BCUT2D eigenvalue weighted by molar-refractivity contribution is 6.43. The van der Waals surface area contributed by atoms with Gasteiger partial charge in [0.1, 0.15) is 5.76 Å². The molecule has 0 amide bonds. The minimum absolute atomic E-state index is 0.426. The molecule has 1 aliphatic rings. The Labute approximate surface area is 74.4 Å². The van der Waals surface area contributed by atoms with Gasteiger partial charge >= 0.3 is 5.91 Å². The minimum atomic E-state index is -0.555. The van der Waals surface area contributed by atoms with Gasteiger partial charge in [0, 0.05) is 12.3 Å². The second-order valence-electron chi connectivity index (χ2n) is 2.65. The Balaban J connectivity index is 2.63. The summed E-state index contributed by atoms with van der Waals surface area (Å²) in [6.07, 6.45) is 2.75. The molecule has 0 bridgehead atoms. The number of ether oxygens (including phenoxy) is 1. The van der Waals surface area contributed by atoms with Gasteiger partial charge in [-0.1, -0.05) is 0 Å². The average Bonchev–Trinajstić information content (AvgIpc) is 2.60. The highest BCUT2D eigenvalue weighted by atomic mass is 16.5. The lowest BCUT2D eigenvalue weighted by atomic mass is 10.2. The van der Waals surface area contributed by atoms with E-state index in [1.807, 2.05) is 0 Å².